The topological polar surface area (TPSA) is 151 Å². The van der Waals surface area contributed by atoms with Crippen LogP contribution >= 0.6 is 0 Å². The van der Waals surface area contributed by atoms with Crippen LogP contribution in [0.2, 0.25) is 0 Å². The number of hydrogen-bond acceptors (Lipinski definition) is 8. The number of hydrogen-bond donors (Lipinski definition) is 2. The molecule has 1 aliphatic rings. The molecule has 0 radical (unpaired) electrons. The van der Waals surface area contributed by atoms with Crippen molar-refractivity contribution < 1.29 is 23.1 Å². The lowest BCUT2D eigenvalue weighted by atomic mass is 9.86. The number of aromatic nitrogens is 4. The summed E-state index contributed by atoms with van der Waals surface area (Å²) in [5.41, 5.74) is 3.89. The normalized spacial score (nSPS) is 13.9. The Balaban J connectivity index is 1.41. The third-order valence-corrected chi connectivity index (χ3v) is 7.16. The average molecular weight is 565 g/mol. The van der Waals surface area contributed by atoms with Gasteiger partial charge in [0.2, 0.25) is 0 Å². The molecule has 3 heterocycles. The molecule has 0 aliphatic heterocycles. The van der Waals surface area contributed by atoms with Crippen molar-refractivity contribution in [1.29, 1.82) is 0 Å². The number of esters is 1. The van der Waals surface area contributed by atoms with Crippen molar-refractivity contribution in [1.82, 2.24) is 24.4 Å². The number of ether oxygens (including phenoxy) is 1. The highest BCUT2D eigenvalue weighted by Crippen LogP contribution is 2.26. The second-order valence-electron chi connectivity index (χ2n) is 9.91. The lowest BCUT2D eigenvalue weighted by molar-refractivity contribution is -0.148. The zero-order valence-electron chi connectivity index (χ0n) is 22.0. The van der Waals surface area contributed by atoms with Crippen LogP contribution in [-0.4, -0.2) is 43.6 Å². The summed E-state index contributed by atoms with van der Waals surface area (Å²) in [7, 11) is 1.51. The number of halogens is 2. The highest BCUT2D eigenvalue weighted by molar-refractivity contribution is 5.97. The molecule has 0 saturated heterocycles. The largest absolute Gasteiger partial charge is 0.464 e. The summed E-state index contributed by atoms with van der Waals surface area (Å²) in [4.78, 5) is 60.0. The smallest absolute Gasteiger partial charge is 0.337 e. The summed E-state index contributed by atoms with van der Waals surface area (Å²) in [6.45, 7) is 0.178. The van der Waals surface area contributed by atoms with Gasteiger partial charge in [-0.05, 0) is 42.5 Å². The fourth-order valence-corrected chi connectivity index (χ4v) is 4.53. The predicted molar refractivity (Wildman–Crippen MR) is 144 cm³/mol. The van der Waals surface area contributed by atoms with Crippen LogP contribution in [0.3, 0.4) is 0 Å². The number of nitrogens with one attached hydrogen (secondary N) is 1. The first-order valence-corrected chi connectivity index (χ1v) is 12.9. The molecule has 0 bridgehead atoms. The van der Waals surface area contributed by atoms with E-state index in [4.69, 9.17) is 10.5 Å². The van der Waals surface area contributed by atoms with Gasteiger partial charge >= 0.3 is 11.7 Å². The Morgan fingerprint density at radius 2 is 1.93 bits per heavy atom. The molecule has 1 fully saturated rings. The maximum atomic E-state index is 14.4. The number of amides is 1. The van der Waals surface area contributed by atoms with E-state index in [0.29, 0.717) is 23.2 Å². The number of nitrogens with zero attached hydrogens (tertiary/aromatic N) is 4. The van der Waals surface area contributed by atoms with Gasteiger partial charge in [0, 0.05) is 31.9 Å². The van der Waals surface area contributed by atoms with Gasteiger partial charge in [0.15, 0.2) is 0 Å². The number of carbonyl (C=O) groups excluding carboxylic acids is 2. The van der Waals surface area contributed by atoms with E-state index in [1.54, 1.807) is 0 Å². The zero-order chi connectivity index (χ0) is 29.3. The van der Waals surface area contributed by atoms with Crippen LogP contribution < -0.4 is 22.3 Å². The number of benzene rings is 1. The minimum Gasteiger partial charge on any atom is -0.464 e. The third kappa shape index (κ3) is 5.55. The highest BCUT2D eigenvalue weighted by atomic mass is 19.1. The molecule has 41 heavy (non-hydrogen) atoms. The number of pyridine rings is 2. The van der Waals surface area contributed by atoms with Crippen molar-refractivity contribution in [3.8, 4) is 5.82 Å². The van der Waals surface area contributed by atoms with Gasteiger partial charge in [-0.15, -0.1) is 0 Å². The number of fused-ring (bicyclic) bond motifs is 1. The molecule has 13 heteroatoms. The second-order valence-corrected chi connectivity index (χ2v) is 9.91. The molecule has 0 spiro atoms. The van der Waals surface area contributed by atoms with Crippen LogP contribution in [0.5, 0.6) is 0 Å². The van der Waals surface area contributed by atoms with Gasteiger partial charge in [-0.1, -0.05) is 12.5 Å². The van der Waals surface area contributed by atoms with Crippen LogP contribution in [0.25, 0.3) is 16.7 Å². The zero-order valence-corrected chi connectivity index (χ0v) is 22.0. The van der Waals surface area contributed by atoms with Crippen molar-refractivity contribution in [3.05, 3.63) is 92.5 Å². The summed E-state index contributed by atoms with van der Waals surface area (Å²) in [6, 6.07) is 4.54. The van der Waals surface area contributed by atoms with Crippen LogP contribution in [0.4, 0.5) is 14.5 Å². The van der Waals surface area contributed by atoms with Crippen LogP contribution in [0.1, 0.15) is 35.2 Å². The van der Waals surface area contributed by atoms with E-state index in [1.807, 2.05) is 0 Å². The lowest BCUT2D eigenvalue weighted by Crippen LogP contribution is -2.44. The number of nitrogens with two attached hydrogens (primary N) is 1. The van der Waals surface area contributed by atoms with E-state index in [9.17, 15) is 28.0 Å². The molecular formula is C28H26F2N6O5. The maximum absolute atomic E-state index is 14.4. The Bertz CT molecular complexity index is 1770. The van der Waals surface area contributed by atoms with E-state index in [0.717, 1.165) is 23.8 Å². The van der Waals surface area contributed by atoms with E-state index < -0.39 is 52.1 Å². The fraction of sp³-hybridized carbons (Fsp3) is 0.286. The van der Waals surface area contributed by atoms with E-state index in [-0.39, 0.29) is 30.1 Å². The number of aryl methyl sites for hydroxylation is 1. The Morgan fingerprint density at radius 3 is 2.61 bits per heavy atom. The van der Waals surface area contributed by atoms with Crippen LogP contribution in [0.15, 0.2) is 58.5 Å². The molecular weight excluding hydrogens is 538 g/mol. The summed E-state index contributed by atoms with van der Waals surface area (Å²) in [6.07, 6.45) is 6.99. The van der Waals surface area contributed by atoms with Gasteiger partial charge in [-0.3, -0.25) is 19.1 Å². The quantitative estimate of drug-likeness (QED) is 0.244. The first kappa shape index (κ1) is 27.6. The molecule has 11 nitrogen and oxygen atoms in total. The van der Waals surface area contributed by atoms with E-state index in [2.05, 4.69) is 15.3 Å². The summed E-state index contributed by atoms with van der Waals surface area (Å²) in [5, 5.41) is 2.69. The first-order chi connectivity index (χ1) is 19.6. The van der Waals surface area contributed by atoms with Crippen molar-refractivity contribution >= 4 is 28.5 Å². The van der Waals surface area contributed by atoms with Gasteiger partial charge in [0.25, 0.3) is 11.5 Å². The molecule has 1 amide bonds. The highest BCUT2D eigenvalue weighted by Gasteiger charge is 2.28. The van der Waals surface area contributed by atoms with Gasteiger partial charge in [0.1, 0.15) is 23.5 Å². The van der Waals surface area contributed by atoms with Crippen molar-refractivity contribution in [3.63, 3.8) is 0 Å². The molecule has 4 aromatic rings. The average Bonchev–Trinajstić information content (AvgIpc) is 2.93. The minimum atomic E-state index is -1.26. The Labute approximate surface area is 231 Å². The van der Waals surface area contributed by atoms with Crippen LogP contribution in [0, 0.1) is 17.6 Å². The van der Waals surface area contributed by atoms with Gasteiger partial charge in [0.05, 0.1) is 35.0 Å². The van der Waals surface area contributed by atoms with Crippen molar-refractivity contribution in [2.24, 2.45) is 13.0 Å². The number of anilines is 1. The SMILES string of the molecule is Cn1c(=O)n(-c2ccc(C[C@H](NC(=O)c3cc(F)c(N)cc3F)C(=O)OCC3CCC3)cn2)c(=O)c2ccncc21. The standard InChI is InChI=1S/C28H26F2N6O5/c1-35-23-13-32-8-7-17(23)26(38)36(28(35)40)24-6-5-16(12-33-24)9-22(27(39)41-14-15-3-2-4-15)34-25(37)18-10-20(30)21(31)11-19(18)29/h5-8,10-13,15,22H,2-4,9,14,31H2,1H3,(H,34,37)/t22-/m0/s1. The summed E-state index contributed by atoms with van der Waals surface area (Å²) >= 11 is 0. The Hall–Kier alpha value is -4.94. The Kier molecular flexibility index (Phi) is 7.60. The van der Waals surface area contributed by atoms with Crippen molar-refractivity contribution in [2.75, 3.05) is 12.3 Å². The first-order valence-electron chi connectivity index (χ1n) is 12.9. The van der Waals surface area contributed by atoms with Crippen molar-refractivity contribution in [2.45, 2.75) is 31.7 Å². The van der Waals surface area contributed by atoms with E-state index >= 15 is 0 Å². The molecule has 5 rings (SSSR count). The van der Waals surface area contributed by atoms with Gasteiger partial charge < -0.3 is 15.8 Å². The molecule has 0 unspecified atom stereocenters. The molecule has 3 N–H and O–H groups in total. The maximum Gasteiger partial charge on any atom is 0.337 e. The number of nitrogen functional groups attached to an aromatic ring is 1. The third-order valence-electron chi connectivity index (χ3n) is 7.16. The van der Waals surface area contributed by atoms with Gasteiger partial charge in [-0.25, -0.2) is 27.9 Å². The summed E-state index contributed by atoms with van der Waals surface area (Å²) < 4.78 is 35.9. The number of rotatable bonds is 8. The molecule has 1 aromatic carbocycles. The predicted octanol–water partition coefficient (Wildman–Crippen LogP) is 2.02. The van der Waals surface area contributed by atoms with Gasteiger partial charge in [-0.2, -0.15) is 0 Å². The van der Waals surface area contributed by atoms with E-state index in [1.165, 1.54) is 48.4 Å². The van der Waals surface area contributed by atoms with Crippen LogP contribution in [-0.2, 0) is 23.0 Å². The molecule has 1 atom stereocenters. The lowest BCUT2D eigenvalue weighted by Gasteiger charge is -2.26. The monoisotopic (exact) mass is 564 g/mol. The molecule has 1 aliphatic carbocycles. The molecule has 212 valence electrons. The molecule has 3 aromatic heterocycles. The Morgan fingerprint density at radius 1 is 1.15 bits per heavy atom. The number of carbonyl (C=O) groups is 2. The summed E-state index contributed by atoms with van der Waals surface area (Å²) in [5.74, 6) is -3.53. The second kappa shape index (κ2) is 11.3. The molecule has 1 saturated carbocycles. The minimum absolute atomic E-state index is 0.0469. The fourth-order valence-electron chi connectivity index (χ4n) is 4.53.